The van der Waals surface area contributed by atoms with E-state index in [0.717, 1.165) is 17.7 Å². The van der Waals surface area contributed by atoms with Crippen molar-refractivity contribution < 1.29 is 32.6 Å². The number of nitrogens with zero attached hydrogens (tertiary/aromatic N) is 2. The molecule has 2 unspecified atom stereocenters. The predicted molar refractivity (Wildman–Crippen MR) is 124 cm³/mol. The number of ether oxygens (including phenoxy) is 2. The van der Waals surface area contributed by atoms with Gasteiger partial charge in [0.15, 0.2) is 11.5 Å². The molecule has 0 bridgehead atoms. The second-order valence-electron chi connectivity index (χ2n) is 8.08. The van der Waals surface area contributed by atoms with Crippen molar-refractivity contribution in [3.05, 3.63) is 53.1 Å². The van der Waals surface area contributed by atoms with Gasteiger partial charge in [0.25, 0.3) is 11.8 Å². The fraction of sp³-hybridized carbons (Fsp3) is 0.375. The standard InChI is InChI=1S/C24H26N2O7S/c1-3-33-21-13-15(7-10-20(21)32-2)18(11-12-34(30)31)26-23(28)17-5-4-6-19(22(17)24(26)29)25(14-27)16-8-9-16/h4-7,10,13-14,16,18H,3,8-9,11-12H2,1-2H3,(H,30,31)/p-1. The van der Waals surface area contributed by atoms with E-state index in [9.17, 15) is 23.1 Å². The third-order valence-corrected chi connectivity index (χ3v) is 6.57. The van der Waals surface area contributed by atoms with Crippen molar-refractivity contribution >= 4 is 35.0 Å². The Kier molecular flexibility index (Phi) is 6.99. The van der Waals surface area contributed by atoms with Crippen LogP contribution in [0.3, 0.4) is 0 Å². The molecule has 2 atom stereocenters. The van der Waals surface area contributed by atoms with Gasteiger partial charge in [-0.1, -0.05) is 23.2 Å². The average Bonchev–Trinajstić information content (AvgIpc) is 3.63. The summed E-state index contributed by atoms with van der Waals surface area (Å²) in [6.45, 7) is 2.18. The van der Waals surface area contributed by atoms with Gasteiger partial charge in [-0.05, 0) is 56.0 Å². The highest BCUT2D eigenvalue weighted by Gasteiger charge is 2.44. The maximum atomic E-state index is 13.6. The lowest BCUT2D eigenvalue weighted by molar-refractivity contribution is -0.107. The average molecular weight is 486 g/mol. The molecule has 2 aromatic rings. The topological polar surface area (TPSA) is 116 Å². The molecule has 2 aliphatic rings. The van der Waals surface area contributed by atoms with Gasteiger partial charge in [-0.15, -0.1) is 0 Å². The van der Waals surface area contributed by atoms with Crippen molar-refractivity contribution in [1.29, 1.82) is 0 Å². The zero-order valence-corrected chi connectivity index (χ0v) is 19.7. The normalized spacial score (nSPS) is 16.7. The lowest BCUT2D eigenvalue weighted by Crippen LogP contribution is -2.35. The van der Waals surface area contributed by atoms with E-state index in [0.29, 0.717) is 35.8 Å². The highest BCUT2D eigenvalue weighted by atomic mass is 32.2. The van der Waals surface area contributed by atoms with E-state index in [1.165, 1.54) is 12.0 Å². The quantitative estimate of drug-likeness (QED) is 0.273. The molecule has 180 valence electrons. The minimum atomic E-state index is -2.37. The summed E-state index contributed by atoms with van der Waals surface area (Å²) < 4.78 is 33.7. The van der Waals surface area contributed by atoms with Crippen LogP contribution in [0.5, 0.6) is 11.5 Å². The summed E-state index contributed by atoms with van der Waals surface area (Å²) in [5.74, 6) is -0.428. The van der Waals surface area contributed by atoms with E-state index < -0.39 is 28.9 Å². The molecular weight excluding hydrogens is 460 g/mol. The molecule has 1 aliphatic heterocycles. The van der Waals surface area contributed by atoms with Crippen molar-refractivity contribution in [3.8, 4) is 11.5 Å². The van der Waals surface area contributed by atoms with Crippen LogP contribution < -0.4 is 14.4 Å². The number of amides is 3. The SMILES string of the molecule is CCOc1cc(C(CCS(=O)[O-])N2C(=O)c3cccc(N(C=O)C4CC4)c3C2=O)ccc1OC. The number of anilines is 1. The molecule has 0 N–H and O–H groups in total. The van der Waals surface area contributed by atoms with Gasteiger partial charge >= 0.3 is 0 Å². The van der Waals surface area contributed by atoms with Crippen LogP contribution in [0.25, 0.3) is 0 Å². The van der Waals surface area contributed by atoms with Crippen LogP contribution in [-0.2, 0) is 15.9 Å². The summed E-state index contributed by atoms with van der Waals surface area (Å²) in [6.07, 6.45) is 2.36. The Morgan fingerprint density at radius 2 is 1.97 bits per heavy atom. The van der Waals surface area contributed by atoms with Gasteiger partial charge in [0.05, 0.1) is 36.6 Å². The molecule has 3 amide bonds. The number of hydrogen-bond acceptors (Lipinski definition) is 7. The van der Waals surface area contributed by atoms with Gasteiger partial charge in [0.2, 0.25) is 6.41 Å². The van der Waals surface area contributed by atoms with Crippen molar-refractivity contribution in [2.75, 3.05) is 24.4 Å². The minimum absolute atomic E-state index is 0.00876. The van der Waals surface area contributed by atoms with E-state index in [2.05, 4.69) is 0 Å². The molecule has 9 nitrogen and oxygen atoms in total. The summed E-state index contributed by atoms with van der Waals surface area (Å²) in [4.78, 5) is 41.4. The van der Waals surface area contributed by atoms with Gasteiger partial charge in [-0.3, -0.25) is 23.5 Å². The molecule has 2 aromatic carbocycles. The van der Waals surface area contributed by atoms with Crippen LogP contribution in [0.4, 0.5) is 5.69 Å². The number of fused-ring (bicyclic) bond motifs is 1. The fourth-order valence-electron chi connectivity index (χ4n) is 4.30. The molecule has 4 rings (SSSR count). The molecule has 0 radical (unpaired) electrons. The lowest BCUT2D eigenvalue weighted by Gasteiger charge is -2.28. The first kappa shape index (κ1) is 23.9. The Morgan fingerprint density at radius 1 is 1.21 bits per heavy atom. The number of benzene rings is 2. The van der Waals surface area contributed by atoms with E-state index >= 15 is 0 Å². The summed E-state index contributed by atoms with van der Waals surface area (Å²) in [5, 5.41) is 0. The molecule has 0 aromatic heterocycles. The number of hydrogen-bond donors (Lipinski definition) is 0. The molecule has 0 saturated heterocycles. The van der Waals surface area contributed by atoms with Crippen molar-refractivity contribution in [1.82, 2.24) is 4.90 Å². The largest absolute Gasteiger partial charge is 0.772 e. The number of imide groups is 1. The van der Waals surface area contributed by atoms with Crippen LogP contribution in [0, 0.1) is 0 Å². The zero-order valence-electron chi connectivity index (χ0n) is 18.9. The third-order valence-electron chi connectivity index (χ3n) is 6.00. The highest BCUT2D eigenvalue weighted by Crippen LogP contribution is 2.41. The Hall–Kier alpha value is -3.24. The zero-order chi connectivity index (χ0) is 24.4. The maximum absolute atomic E-state index is 13.6. The van der Waals surface area contributed by atoms with Gasteiger partial charge in [0.1, 0.15) is 0 Å². The first-order valence-corrected chi connectivity index (χ1v) is 12.3. The second kappa shape index (κ2) is 9.94. The molecular formula is C24H25N2O7S-. The molecule has 0 spiro atoms. The van der Waals surface area contributed by atoms with E-state index in [1.807, 2.05) is 6.92 Å². The molecule has 1 fully saturated rings. The number of carbonyl (C=O) groups excluding carboxylic acids is 3. The fourth-order valence-corrected chi connectivity index (χ4v) is 4.71. The molecule has 1 saturated carbocycles. The van der Waals surface area contributed by atoms with Crippen LogP contribution >= 0.6 is 0 Å². The Balaban J connectivity index is 1.77. The monoisotopic (exact) mass is 485 g/mol. The van der Waals surface area contributed by atoms with Crippen LogP contribution in [0.15, 0.2) is 36.4 Å². The van der Waals surface area contributed by atoms with E-state index in [4.69, 9.17) is 9.47 Å². The van der Waals surface area contributed by atoms with Gasteiger partial charge < -0.3 is 18.9 Å². The van der Waals surface area contributed by atoms with E-state index in [-0.39, 0.29) is 29.3 Å². The van der Waals surface area contributed by atoms with Crippen LogP contribution in [-0.4, -0.2) is 57.4 Å². The maximum Gasteiger partial charge on any atom is 0.264 e. The molecule has 34 heavy (non-hydrogen) atoms. The Labute approximate surface area is 199 Å². The smallest absolute Gasteiger partial charge is 0.264 e. The number of carbonyl (C=O) groups is 3. The second-order valence-corrected chi connectivity index (χ2v) is 9.10. The van der Waals surface area contributed by atoms with Gasteiger partial charge in [0, 0.05) is 11.8 Å². The van der Waals surface area contributed by atoms with Crippen molar-refractivity contribution in [2.24, 2.45) is 0 Å². The summed E-state index contributed by atoms with van der Waals surface area (Å²) >= 11 is -2.37. The van der Waals surface area contributed by atoms with E-state index in [1.54, 1.807) is 36.4 Å². The first-order chi connectivity index (χ1) is 16.4. The molecule has 1 aliphatic carbocycles. The van der Waals surface area contributed by atoms with Gasteiger partial charge in [-0.2, -0.15) is 0 Å². The number of rotatable bonds is 11. The molecule has 10 heteroatoms. The highest BCUT2D eigenvalue weighted by molar-refractivity contribution is 7.79. The predicted octanol–water partition coefficient (Wildman–Crippen LogP) is 2.83. The summed E-state index contributed by atoms with van der Waals surface area (Å²) in [7, 11) is 1.50. The van der Waals surface area contributed by atoms with Gasteiger partial charge in [-0.25, -0.2) is 0 Å². The first-order valence-electron chi connectivity index (χ1n) is 11.0. The molecule has 1 heterocycles. The summed E-state index contributed by atoms with van der Waals surface area (Å²) in [5.41, 5.74) is 1.30. The van der Waals surface area contributed by atoms with Crippen LogP contribution in [0.2, 0.25) is 0 Å². The Morgan fingerprint density at radius 3 is 2.59 bits per heavy atom. The lowest BCUT2D eigenvalue weighted by atomic mass is 10.0. The van der Waals surface area contributed by atoms with Crippen molar-refractivity contribution in [2.45, 2.75) is 38.3 Å². The summed E-state index contributed by atoms with van der Waals surface area (Å²) in [6, 6.07) is 9.01. The third kappa shape index (κ3) is 4.43. The van der Waals surface area contributed by atoms with Crippen molar-refractivity contribution in [3.63, 3.8) is 0 Å². The Bertz CT molecular complexity index is 1150. The minimum Gasteiger partial charge on any atom is -0.772 e. The number of methoxy groups -OCH3 is 1. The van der Waals surface area contributed by atoms with Crippen LogP contribution in [0.1, 0.15) is 58.5 Å².